The Balaban J connectivity index is 0.000000166. The van der Waals surface area contributed by atoms with Crippen LogP contribution in [0.1, 0.15) is 58.8 Å². The summed E-state index contributed by atoms with van der Waals surface area (Å²) in [6.07, 6.45) is 14.1. The third-order valence-electron chi connectivity index (χ3n) is 6.45. The lowest BCUT2D eigenvalue weighted by atomic mass is 9.56. The summed E-state index contributed by atoms with van der Waals surface area (Å²) in [5, 5.41) is 25.4. The van der Waals surface area contributed by atoms with E-state index in [0.717, 1.165) is 0 Å². The van der Waals surface area contributed by atoms with E-state index in [1.54, 1.807) is 38.5 Å². The van der Waals surface area contributed by atoms with Crippen LogP contribution in [0.4, 0.5) is 0 Å². The quantitative estimate of drug-likeness (QED) is 0.596. The van der Waals surface area contributed by atoms with Gasteiger partial charge in [-0.3, -0.25) is 4.79 Å². The molecule has 0 amide bonds. The molecule has 29 heavy (non-hydrogen) atoms. The highest BCUT2D eigenvalue weighted by Crippen LogP contribution is 2.53. The van der Waals surface area contributed by atoms with E-state index in [1.807, 2.05) is 0 Å². The van der Waals surface area contributed by atoms with Crippen molar-refractivity contribution in [3.05, 3.63) is 36.0 Å². The number of allylic oxidation sites excluding steroid dienone is 2. The minimum absolute atomic E-state index is 0.0359. The molecule has 5 aliphatic carbocycles. The van der Waals surface area contributed by atoms with E-state index in [0.29, 0.717) is 0 Å². The maximum Gasteiger partial charge on any atom is 0.331 e. The van der Waals surface area contributed by atoms with Crippen molar-refractivity contribution < 1.29 is 29.7 Å². The topological polar surface area (TPSA) is 112 Å². The van der Waals surface area contributed by atoms with Crippen molar-refractivity contribution in [2.75, 3.05) is 0 Å². The third-order valence-corrected chi connectivity index (χ3v) is 6.45. The smallest absolute Gasteiger partial charge is 0.331 e. The summed E-state index contributed by atoms with van der Waals surface area (Å²) in [6.45, 7) is 6.10. The van der Waals surface area contributed by atoms with Crippen LogP contribution in [0.2, 0.25) is 0 Å². The van der Waals surface area contributed by atoms with Crippen molar-refractivity contribution in [2.45, 2.75) is 58.8 Å². The van der Waals surface area contributed by atoms with Gasteiger partial charge in [0.2, 0.25) is 0 Å². The summed E-state index contributed by atoms with van der Waals surface area (Å²) in [6, 6.07) is 0. The summed E-state index contributed by atoms with van der Waals surface area (Å²) in [5.74, 6) is 1.71. The van der Waals surface area contributed by atoms with E-state index in [4.69, 9.17) is 15.3 Å². The van der Waals surface area contributed by atoms with Crippen LogP contribution in [0.25, 0.3) is 0 Å². The molecule has 160 valence electrons. The Bertz CT molecular complexity index is 663. The van der Waals surface area contributed by atoms with E-state index >= 15 is 0 Å². The molecule has 4 fully saturated rings. The van der Waals surface area contributed by atoms with Gasteiger partial charge in [-0.2, -0.15) is 0 Å². The molecule has 3 N–H and O–H groups in total. The van der Waals surface area contributed by atoms with E-state index < -0.39 is 23.3 Å². The molecule has 6 nitrogen and oxygen atoms in total. The Labute approximate surface area is 172 Å². The first kappa shape index (κ1) is 22.9. The zero-order valence-corrected chi connectivity index (χ0v) is 17.3. The van der Waals surface area contributed by atoms with Gasteiger partial charge in [-0.1, -0.05) is 24.8 Å². The minimum atomic E-state index is -1.08. The lowest BCUT2D eigenvalue weighted by molar-refractivity contribution is -0.145. The Morgan fingerprint density at radius 1 is 0.931 bits per heavy atom. The van der Waals surface area contributed by atoms with Gasteiger partial charge in [0.15, 0.2) is 0 Å². The molecule has 4 saturated carbocycles. The second kappa shape index (κ2) is 9.42. The zero-order valence-electron chi connectivity index (χ0n) is 17.3. The fourth-order valence-electron chi connectivity index (χ4n) is 5.17. The molecule has 0 radical (unpaired) electrons. The molecule has 1 unspecified atom stereocenters. The average molecular weight is 405 g/mol. The van der Waals surface area contributed by atoms with Crippen LogP contribution in [0.15, 0.2) is 36.0 Å². The van der Waals surface area contributed by atoms with Crippen LogP contribution in [0.3, 0.4) is 0 Å². The highest BCUT2D eigenvalue weighted by atomic mass is 16.4. The molecular formula is C23H32O6. The first-order valence-electron chi connectivity index (χ1n) is 10.2. The van der Waals surface area contributed by atoms with Gasteiger partial charge in [0, 0.05) is 11.1 Å². The van der Waals surface area contributed by atoms with Gasteiger partial charge in [0.1, 0.15) is 0 Å². The van der Waals surface area contributed by atoms with Crippen molar-refractivity contribution in [3.63, 3.8) is 0 Å². The number of carboxylic acid groups (broad SMARTS) is 3. The molecule has 5 aliphatic rings. The van der Waals surface area contributed by atoms with Gasteiger partial charge in [-0.05, 0) is 82.5 Å². The Morgan fingerprint density at radius 3 is 1.59 bits per heavy atom. The van der Waals surface area contributed by atoms with Crippen LogP contribution >= 0.6 is 0 Å². The Morgan fingerprint density at radius 2 is 1.31 bits per heavy atom. The van der Waals surface area contributed by atoms with E-state index in [9.17, 15) is 14.4 Å². The van der Waals surface area contributed by atoms with Crippen LogP contribution in [-0.4, -0.2) is 33.2 Å². The maximum absolute atomic E-state index is 10.8. The Hall–Kier alpha value is -2.37. The Kier molecular flexibility index (Phi) is 7.44. The molecule has 0 aromatic heterocycles. The summed E-state index contributed by atoms with van der Waals surface area (Å²) in [5.41, 5.74) is -0.773. The molecule has 0 spiro atoms. The van der Waals surface area contributed by atoms with Gasteiger partial charge in [-0.15, -0.1) is 0 Å². The lowest BCUT2D eigenvalue weighted by Gasteiger charge is -2.49. The largest absolute Gasteiger partial charge is 0.481 e. The first-order valence-corrected chi connectivity index (χ1v) is 10.2. The first-order chi connectivity index (χ1) is 13.5. The van der Waals surface area contributed by atoms with Crippen molar-refractivity contribution in [3.8, 4) is 0 Å². The minimum Gasteiger partial charge on any atom is -0.481 e. The SMILES string of the molecule is C1C2CC3CC1CC(C2)C3.C=C(C)C(=O)O.CC1(C(=O)O)C=CC=C(C(=O)O)C1. The predicted octanol–water partition coefficient (Wildman–Crippen LogP) is 4.53. The highest BCUT2D eigenvalue weighted by molar-refractivity contribution is 5.90. The zero-order chi connectivity index (χ0) is 21.8. The molecule has 0 aromatic carbocycles. The van der Waals surface area contributed by atoms with Crippen LogP contribution < -0.4 is 0 Å². The summed E-state index contributed by atoms with van der Waals surface area (Å²) < 4.78 is 0. The standard InChI is InChI=1S/C10H16.C9H10O4.C4H6O2/c1-7-2-9-4-8(1)5-10(3-7)6-9;1-9(8(12)13)4-2-3-6(5-9)7(10)11;1-3(2)4(5)6/h7-10H,1-6H2;2-4H,5H2,1H3,(H,10,11)(H,12,13);1H2,2H3,(H,5,6). The van der Waals surface area contributed by atoms with Crippen molar-refractivity contribution >= 4 is 17.9 Å². The van der Waals surface area contributed by atoms with Gasteiger partial charge in [-0.25, -0.2) is 9.59 Å². The number of hydrogen-bond acceptors (Lipinski definition) is 3. The highest BCUT2D eigenvalue weighted by Gasteiger charge is 2.41. The fraction of sp³-hybridized carbons (Fsp3) is 0.609. The van der Waals surface area contributed by atoms with Crippen LogP contribution in [0.5, 0.6) is 0 Å². The molecule has 0 aliphatic heterocycles. The van der Waals surface area contributed by atoms with Gasteiger partial charge < -0.3 is 15.3 Å². The second-order valence-corrected chi connectivity index (χ2v) is 9.22. The average Bonchev–Trinajstić information content (AvgIpc) is 2.61. The van der Waals surface area contributed by atoms with Gasteiger partial charge in [0.25, 0.3) is 0 Å². The maximum atomic E-state index is 10.8. The molecule has 0 saturated heterocycles. The van der Waals surface area contributed by atoms with Crippen molar-refractivity contribution in [1.29, 1.82) is 0 Å². The normalized spacial score (nSPS) is 33.4. The number of aliphatic carboxylic acids is 3. The van der Waals surface area contributed by atoms with Crippen LogP contribution in [0, 0.1) is 29.1 Å². The monoisotopic (exact) mass is 404 g/mol. The third kappa shape index (κ3) is 6.31. The van der Waals surface area contributed by atoms with E-state index in [1.165, 1.54) is 55.7 Å². The number of rotatable bonds is 3. The number of carbonyl (C=O) groups is 3. The van der Waals surface area contributed by atoms with E-state index in [2.05, 4.69) is 6.58 Å². The number of hydrogen-bond donors (Lipinski definition) is 3. The molecule has 6 heteroatoms. The summed E-state index contributed by atoms with van der Waals surface area (Å²) in [7, 11) is 0. The fourth-order valence-corrected chi connectivity index (χ4v) is 5.17. The molecular weight excluding hydrogens is 372 g/mol. The summed E-state index contributed by atoms with van der Waals surface area (Å²) >= 11 is 0. The van der Waals surface area contributed by atoms with Gasteiger partial charge >= 0.3 is 17.9 Å². The van der Waals surface area contributed by atoms with Crippen molar-refractivity contribution in [2.24, 2.45) is 29.1 Å². The molecule has 4 bridgehead atoms. The molecule has 5 rings (SSSR count). The van der Waals surface area contributed by atoms with Gasteiger partial charge in [0.05, 0.1) is 5.41 Å². The van der Waals surface area contributed by atoms with Crippen LogP contribution in [-0.2, 0) is 14.4 Å². The van der Waals surface area contributed by atoms with E-state index in [-0.39, 0.29) is 17.6 Å². The second-order valence-electron chi connectivity index (χ2n) is 9.22. The molecule has 1 atom stereocenters. The van der Waals surface area contributed by atoms with Crippen molar-refractivity contribution in [1.82, 2.24) is 0 Å². The lowest BCUT2D eigenvalue weighted by Crippen LogP contribution is -2.38. The predicted molar refractivity (Wildman–Crippen MR) is 109 cm³/mol. The molecule has 0 aromatic rings. The number of carboxylic acids is 3. The summed E-state index contributed by atoms with van der Waals surface area (Å²) in [4.78, 5) is 30.9. The molecule has 0 heterocycles.